The molecule has 0 saturated carbocycles. The summed E-state index contributed by atoms with van der Waals surface area (Å²) in [5.41, 5.74) is 1.95. The molecule has 0 aliphatic carbocycles. The van der Waals surface area contributed by atoms with Gasteiger partial charge in [-0.25, -0.2) is 0 Å². The van der Waals surface area contributed by atoms with Gasteiger partial charge in [0.15, 0.2) is 0 Å². The molecule has 0 spiro atoms. The van der Waals surface area contributed by atoms with Gasteiger partial charge in [0, 0.05) is 6.42 Å². The number of imide groups is 1. The van der Waals surface area contributed by atoms with E-state index in [-0.39, 0.29) is 23.1 Å². The predicted molar refractivity (Wildman–Crippen MR) is 79.3 cm³/mol. The second kappa shape index (κ2) is 5.78. The van der Waals surface area contributed by atoms with Gasteiger partial charge in [-0.15, -0.1) is 0 Å². The summed E-state index contributed by atoms with van der Waals surface area (Å²) >= 11 is 0. The maximum absolute atomic E-state index is 12.4. The molecule has 1 aliphatic heterocycles. The zero-order valence-electron chi connectivity index (χ0n) is 12.5. The average molecular weight is 273 g/mol. The molecule has 2 rings (SSSR count). The molecule has 1 saturated heterocycles. The van der Waals surface area contributed by atoms with Crippen molar-refractivity contribution in [3.05, 3.63) is 35.4 Å². The monoisotopic (exact) mass is 273 g/mol. The SMILES string of the molecule is CCCC1(CC)CC(=O)NC(=O)C1c1cccc(C)c1. The smallest absolute Gasteiger partial charge is 0.234 e. The topological polar surface area (TPSA) is 46.2 Å². The fourth-order valence-electron chi connectivity index (χ4n) is 3.54. The van der Waals surface area contributed by atoms with Crippen molar-refractivity contribution in [2.75, 3.05) is 0 Å². The van der Waals surface area contributed by atoms with Gasteiger partial charge in [-0.3, -0.25) is 14.9 Å². The third-order valence-electron chi connectivity index (χ3n) is 4.48. The van der Waals surface area contributed by atoms with Crippen molar-refractivity contribution < 1.29 is 9.59 Å². The third-order valence-corrected chi connectivity index (χ3v) is 4.48. The lowest BCUT2D eigenvalue weighted by atomic mass is 9.63. The van der Waals surface area contributed by atoms with Crippen LogP contribution < -0.4 is 5.32 Å². The van der Waals surface area contributed by atoms with Crippen LogP contribution in [-0.2, 0) is 9.59 Å². The number of carbonyl (C=O) groups excluding carboxylic acids is 2. The molecular formula is C17H23NO2. The molecule has 2 unspecified atom stereocenters. The Morgan fingerprint density at radius 2 is 2.05 bits per heavy atom. The molecule has 1 aliphatic rings. The van der Waals surface area contributed by atoms with Crippen LogP contribution in [0.25, 0.3) is 0 Å². The van der Waals surface area contributed by atoms with E-state index in [0.29, 0.717) is 6.42 Å². The highest BCUT2D eigenvalue weighted by Crippen LogP contribution is 2.47. The van der Waals surface area contributed by atoms with Gasteiger partial charge in [0.25, 0.3) is 0 Å². The Balaban J connectivity index is 2.49. The molecule has 3 nitrogen and oxygen atoms in total. The van der Waals surface area contributed by atoms with Crippen LogP contribution in [0.15, 0.2) is 24.3 Å². The van der Waals surface area contributed by atoms with Crippen molar-refractivity contribution in [2.24, 2.45) is 5.41 Å². The number of aryl methyl sites for hydroxylation is 1. The highest BCUT2D eigenvalue weighted by molar-refractivity contribution is 6.02. The molecule has 2 amide bonds. The van der Waals surface area contributed by atoms with Crippen molar-refractivity contribution in [3.63, 3.8) is 0 Å². The number of hydrogen-bond acceptors (Lipinski definition) is 2. The Morgan fingerprint density at radius 1 is 1.30 bits per heavy atom. The highest BCUT2D eigenvalue weighted by Gasteiger charge is 2.47. The zero-order chi connectivity index (χ0) is 14.8. The number of rotatable bonds is 4. The number of nitrogens with one attached hydrogen (secondary N) is 1. The van der Waals surface area contributed by atoms with E-state index in [0.717, 1.165) is 30.4 Å². The van der Waals surface area contributed by atoms with Crippen LogP contribution in [0, 0.1) is 12.3 Å². The molecule has 1 aromatic carbocycles. The lowest BCUT2D eigenvalue weighted by Crippen LogP contribution is -2.50. The van der Waals surface area contributed by atoms with Gasteiger partial charge in [-0.1, -0.05) is 50.1 Å². The number of hydrogen-bond donors (Lipinski definition) is 1. The number of amides is 2. The second-order valence-electron chi connectivity index (χ2n) is 5.90. The quantitative estimate of drug-likeness (QED) is 0.855. The van der Waals surface area contributed by atoms with Gasteiger partial charge in [0.05, 0.1) is 5.92 Å². The fourth-order valence-corrected chi connectivity index (χ4v) is 3.54. The van der Waals surface area contributed by atoms with E-state index in [1.165, 1.54) is 0 Å². The number of piperidine rings is 1. The van der Waals surface area contributed by atoms with Crippen LogP contribution in [0.2, 0.25) is 0 Å². The summed E-state index contributed by atoms with van der Waals surface area (Å²) < 4.78 is 0. The Kier molecular flexibility index (Phi) is 4.26. The van der Waals surface area contributed by atoms with Crippen LogP contribution in [0.4, 0.5) is 0 Å². The first kappa shape index (κ1) is 14.8. The Labute approximate surface area is 120 Å². The molecule has 3 heteroatoms. The first-order valence-corrected chi connectivity index (χ1v) is 7.42. The second-order valence-corrected chi connectivity index (χ2v) is 5.90. The van der Waals surface area contributed by atoms with Crippen molar-refractivity contribution in [1.29, 1.82) is 0 Å². The summed E-state index contributed by atoms with van der Waals surface area (Å²) in [6, 6.07) is 8.09. The summed E-state index contributed by atoms with van der Waals surface area (Å²) in [4.78, 5) is 24.3. The molecule has 2 atom stereocenters. The molecule has 1 fully saturated rings. The fraction of sp³-hybridized carbons (Fsp3) is 0.529. The lowest BCUT2D eigenvalue weighted by molar-refractivity contribution is -0.140. The first-order valence-electron chi connectivity index (χ1n) is 7.42. The standard InChI is InChI=1S/C17H23NO2/c1-4-9-17(5-2)11-14(19)18-16(20)15(17)13-8-6-7-12(3)10-13/h6-8,10,15H,4-5,9,11H2,1-3H3,(H,18,19,20). The molecule has 0 aromatic heterocycles. The molecule has 1 N–H and O–H groups in total. The van der Waals surface area contributed by atoms with Gasteiger partial charge in [-0.2, -0.15) is 0 Å². The highest BCUT2D eigenvalue weighted by atomic mass is 16.2. The van der Waals surface area contributed by atoms with E-state index in [4.69, 9.17) is 0 Å². The molecular weight excluding hydrogens is 250 g/mol. The Hall–Kier alpha value is -1.64. The Morgan fingerprint density at radius 3 is 2.65 bits per heavy atom. The first-order chi connectivity index (χ1) is 9.52. The third kappa shape index (κ3) is 2.62. The van der Waals surface area contributed by atoms with Gasteiger partial charge >= 0.3 is 0 Å². The lowest BCUT2D eigenvalue weighted by Gasteiger charge is -2.42. The summed E-state index contributed by atoms with van der Waals surface area (Å²) in [7, 11) is 0. The molecule has 1 heterocycles. The van der Waals surface area contributed by atoms with Crippen LogP contribution in [0.1, 0.15) is 56.6 Å². The predicted octanol–water partition coefficient (Wildman–Crippen LogP) is 3.32. The maximum atomic E-state index is 12.4. The zero-order valence-corrected chi connectivity index (χ0v) is 12.5. The van der Waals surface area contributed by atoms with Crippen LogP contribution in [0.3, 0.4) is 0 Å². The van der Waals surface area contributed by atoms with Crippen molar-refractivity contribution in [1.82, 2.24) is 5.32 Å². The van der Waals surface area contributed by atoms with Crippen LogP contribution in [0.5, 0.6) is 0 Å². The van der Waals surface area contributed by atoms with Crippen molar-refractivity contribution >= 4 is 11.8 Å². The molecule has 20 heavy (non-hydrogen) atoms. The van der Waals surface area contributed by atoms with Gasteiger partial charge in [-0.05, 0) is 30.7 Å². The maximum Gasteiger partial charge on any atom is 0.234 e. The summed E-state index contributed by atoms with van der Waals surface area (Å²) in [6.45, 7) is 6.23. The largest absolute Gasteiger partial charge is 0.296 e. The van der Waals surface area contributed by atoms with Crippen molar-refractivity contribution in [3.8, 4) is 0 Å². The van der Waals surface area contributed by atoms with E-state index < -0.39 is 0 Å². The van der Waals surface area contributed by atoms with Gasteiger partial charge in [0.1, 0.15) is 0 Å². The van der Waals surface area contributed by atoms with E-state index in [1.54, 1.807) is 0 Å². The summed E-state index contributed by atoms with van der Waals surface area (Å²) in [5.74, 6) is -0.485. The Bertz CT molecular complexity index is 523. The van der Waals surface area contributed by atoms with Gasteiger partial charge in [0.2, 0.25) is 11.8 Å². The van der Waals surface area contributed by atoms with Crippen molar-refractivity contribution in [2.45, 2.75) is 52.4 Å². The number of benzene rings is 1. The van der Waals surface area contributed by atoms with E-state index in [1.807, 2.05) is 25.1 Å². The van der Waals surface area contributed by atoms with Crippen LogP contribution in [-0.4, -0.2) is 11.8 Å². The van der Waals surface area contributed by atoms with Crippen LogP contribution >= 0.6 is 0 Å². The summed E-state index contributed by atoms with van der Waals surface area (Å²) in [6.07, 6.45) is 3.18. The molecule has 1 aromatic rings. The minimum absolute atomic E-state index is 0.130. The number of carbonyl (C=O) groups is 2. The van der Waals surface area contributed by atoms with E-state index >= 15 is 0 Å². The molecule has 0 radical (unpaired) electrons. The van der Waals surface area contributed by atoms with E-state index in [9.17, 15) is 9.59 Å². The average Bonchev–Trinajstić information content (AvgIpc) is 2.38. The summed E-state index contributed by atoms with van der Waals surface area (Å²) in [5, 5.41) is 2.52. The molecule has 108 valence electrons. The minimum Gasteiger partial charge on any atom is -0.296 e. The minimum atomic E-state index is -0.234. The normalized spacial score (nSPS) is 26.4. The van der Waals surface area contributed by atoms with E-state index in [2.05, 4.69) is 25.2 Å². The molecule has 0 bridgehead atoms. The van der Waals surface area contributed by atoms with Gasteiger partial charge < -0.3 is 0 Å².